The molecular weight excluding hydrogens is 221 g/mol. The van der Waals surface area contributed by atoms with Gasteiger partial charge in [0.05, 0.1) is 5.52 Å². The zero-order valence-electron chi connectivity index (χ0n) is 9.83. The van der Waals surface area contributed by atoms with Gasteiger partial charge in [-0.1, -0.05) is 26.0 Å². The molecule has 2 aromatic rings. The highest BCUT2D eigenvalue weighted by atomic mass is 32.2. The lowest BCUT2D eigenvalue weighted by atomic mass is 10.2. The van der Waals surface area contributed by atoms with E-state index >= 15 is 0 Å². The van der Waals surface area contributed by atoms with Gasteiger partial charge in [-0.2, -0.15) is 11.8 Å². The van der Waals surface area contributed by atoms with E-state index in [4.69, 9.17) is 0 Å². The summed E-state index contributed by atoms with van der Waals surface area (Å²) in [5.74, 6) is 0.805. The van der Waals surface area contributed by atoms with E-state index in [9.17, 15) is 4.39 Å². The summed E-state index contributed by atoms with van der Waals surface area (Å²) in [5, 5.41) is 1.64. The van der Waals surface area contributed by atoms with Crippen LogP contribution in [0.25, 0.3) is 10.9 Å². The minimum atomic E-state index is -0.138. The van der Waals surface area contributed by atoms with Gasteiger partial charge in [0.2, 0.25) is 0 Å². The Morgan fingerprint density at radius 2 is 2.12 bits per heavy atom. The predicted octanol–water partition coefficient (Wildman–Crippen LogP) is 3.96. The van der Waals surface area contributed by atoms with E-state index in [1.54, 1.807) is 6.07 Å². The highest BCUT2D eigenvalue weighted by Gasteiger charge is 2.10. The molecule has 2 rings (SSSR count). The smallest absolute Gasteiger partial charge is 0.147 e. The molecule has 0 saturated carbocycles. The van der Waals surface area contributed by atoms with E-state index < -0.39 is 0 Å². The number of aromatic nitrogens is 1. The maximum absolute atomic E-state index is 13.6. The molecule has 0 aliphatic carbocycles. The number of halogens is 1. The predicted molar refractivity (Wildman–Crippen MR) is 69.3 cm³/mol. The summed E-state index contributed by atoms with van der Waals surface area (Å²) in [6.07, 6.45) is 2.03. The summed E-state index contributed by atoms with van der Waals surface area (Å²) < 4.78 is 15.5. The Labute approximate surface area is 99.6 Å². The van der Waals surface area contributed by atoms with Crippen molar-refractivity contribution < 1.29 is 4.39 Å². The summed E-state index contributed by atoms with van der Waals surface area (Å²) in [5.41, 5.74) is 1.93. The SMILES string of the molecule is CC(C)SCc1cn(C)c2c(F)cccc12. The summed E-state index contributed by atoms with van der Waals surface area (Å²) in [4.78, 5) is 0. The van der Waals surface area contributed by atoms with Gasteiger partial charge >= 0.3 is 0 Å². The molecule has 16 heavy (non-hydrogen) atoms. The van der Waals surface area contributed by atoms with E-state index in [0.29, 0.717) is 10.8 Å². The van der Waals surface area contributed by atoms with Gasteiger partial charge in [-0.25, -0.2) is 4.39 Å². The number of thioether (sulfide) groups is 1. The van der Waals surface area contributed by atoms with Crippen molar-refractivity contribution in [3.8, 4) is 0 Å². The van der Waals surface area contributed by atoms with E-state index in [1.165, 1.54) is 11.6 Å². The van der Waals surface area contributed by atoms with Crippen LogP contribution < -0.4 is 0 Å². The molecule has 1 aromatic heterocycles. The van der Waals surface area contributed by atoms with Crippen LogP contribution >= 0.6 is 11.8 Å². The van der Waals surface area contributed by atoms with Crippen molar-refractivity contribution in [2.75, 3.05) is 0 Å². The van der Waals surface area contributed by atoms with Crippen LogP contribution in [0.4, 0.5) is 4.39 Å². The highest BCUT2D eigenvalue weighted by molar-refractivity contribution is 7.99. The van der Waals surface area contributed by atoms with Crippen molar-refractivity contribution in [2.45, 2.75) is 24.9 Å². The Hall–Kier alpha value is -0.960. The first-order valence-electron chi connectivity index (χ1n) is 5.43. The van der Waals surface area contributed by atoms with Crippen molar-refractivity contribution in [2.24, 2.45) is 7.05 Å². The topological polar surface area (TPSA) is 4.93 Å². The van der Waals surface area contributed by atoms with Crippen molar-refractivity contribution in [1.29, 1.82) is 0 Å². The number of rotatable bonds is 3. The third kappa shape index (κ3) is 2.09. The van der Waals surface area contributed by atoms with Crippen LogP contribution in [0, 0.1) is 5.82 Å². The Kier molecular flexibility index (Phi) is 3.24. The molecule has 0 aliphatic rings. The summed E-state index contributed by atoms with van der Waals surface area (Å²) >= 11 is 1.88. The molecule has 86 valence electrons. The molecule has 1 heterocycles. The van der Waals surface area contributed by atoms with Crippen LogP contribution in [-0.2, 0) is 12.8 Å². The normalized spacial score (nSPS) is 11.6. The fourth-order valence-electron chi connectivity index (χ4n) is 1.87. The van der Waals surface area contributed by atoms with Gasteiger partial charge in [0.15, 0.2) is 0 Å². The number of aryl methyl sites for hydroxylation is 1. The summed E-state index contributed by atoms with van der Waals surface area (Å²) in [7, 11) is 1.90. The molecule has 3 heteroatoms. The molecule has 0 N–H and O–H groups in total. The van der Waals surface area contributed by atoms with Gasteiger partial charge in [-0.15, -0.1) is 0 Å². The van der Waals surface area contributed by atoms with E-state index in [-0.39, 0.29) is 5.82 Å². The molecule has 0 amide bonds. The van der Waals surface area contributed by atoms with Crippen molar-refractivity contribution in [1.82, 2.24) is 4.57 Å². The van der Waals surface area contributed by atoms with E-state index in [1.807, 2.05) is 35.6 Å². The van der Waals surface area contributed by atoms with Crippen LogP contribution in [0.1, 0.15) is 19.4 Å². The van der Waals surface area contributed by atoms with Crippen molar-refractivity contribution >= 4 is 22.7 Å². The Morgan fingerprint density at radius 1 is 1.38 bits per heavy atom. The quantitative estimate of drug-likeness (QED) is 0.782. The first-order valence-corrected chi connectivity index (χ1v) is 6.48. The third-order valence-corrected chi connectivity index (χ3v) is 3.75. The van der Waals surface area contributed by atoms with Crippen molar-refractivity contribution in [3.05, 3.63) is 35.8 Å². The number of hydrogen-bond acceptors (Lipinski definition) is 1. The van der Waals surface area contributed by atoms with Crippen LogP contribution in [0.15, 0.2) is 24.4 Å². The highest BCUT2D eigenvalue weighted by Crippen LogP contribution is 2.27. The van der Waals surface area contributed by atoms with Crippen LogP contribution in [0.5, 0.6) is 0 Å². The Balaban J connectivity index is 2.43. The van der Waals surface area contributed by atoms with Crippen molar-refractivity contribution in [3.63, 3.8) is 0 Å². The number of fused-ring (bicyclic) bond motifs is 1. The molecular formula is C13H16FNS. The third-order valence-electron chi connectivity index (χ3n) is 2.61. The van der Waals surface area contributed by atoms with Gasteiger partial charge in [-0.3, -0.25) is 0 Å². The molecule has 0 radical (unpaired) electrons. The summed E-state index contributed by atoms with van der Waals surface area (Å²) in [6.45, 7) is 4.35. The second-order valence-corrected chi connectivity index (χ2v) is 5.83. The standard InChI is InChI=1S/C13H16FNS/c1-9(2)16-8-10-7-15(3)13-11(10)5-4-6-12(13)14/h4-7,9H,8H2,1-3H3. The molecule has 0 aliphatic heterocycles. The lowest BCUT2D eigenvalue weighted by Gasteiger charge is -2.03. The second kappa shape index (κ2) is 4.50. The van der Waals surface area contributed by atoms with Gasteiger partial charge < -0.3 is 4.57 Å². The van der Waals surface area contributed by atoms with Gasteiger partial charge in [-0.05, 0) is 16.9 Å². The maximum atomic E-state index is 13.6. The van der Waals surface area contributed by atoms with Crippen LogP contribution in [0.3, 0.4) is 0 Å². The molecule has 1 nitrogen and oxygen atoms in total. The molecule has 0 atom stereocenters. The molecule has 0 bridgehead atoms. The number of hydrogen-bond donors (Lipinski definition) is 0. The second-order valence-electron chi connectivity index (χ2n) is 4.26. The first-order chi connectivity index (χ1) is 7.59. The number of para-hydroxylation sites is 1. The van der Waals surface area contributed by atoms with Crippen LogP contribution in [0.2, 0.25) is 0 Å². The lowest BCUT2D eigenvalue weighted by molar-refractivity contribution is 0.632. The largest absolute Gasteiger partial charge is 0.348 e. The number of nitrogens with zero attached hydrogens (tertiary/aromatic N) is 1. The van der Waals surface area contributed by atoms with Crippen LogP contribution in [-0.4, -0.2) is 9.82 Å². The summed E-state index contributed by atoms with van der Waals surface area (Å²) in [6, 6.07) is 5.29. The fourth-order valence-corrected chi connectivity index (χ4v) is 2.62. The van der Waals surface area contributed by atoms with Gasteiger partial charge in [0.1, 0.15) is 5.82 Å². The average molecular weight is 237 g/mol. The van der Waals surface area contributed by atoms with E-state index in [0.717, 1.165) is 11.1 Å². The zero-order valence-corrected chi connectivity index (χ0v) is 10.6. The minimum absolute atomic E-state index is 0.138. The monoisotopic (exact) mass is 237 g/mol. The molecule has 1 aromatic carbocycles. The number of benzene rings is 1. The maximum Gasteiger partial charge on any atom is 0.147 e. The molecule has 0 saturated heterocycles. The molecule has 0 spiro atoms. The van der Waals surface area contributed by atoms with E-state index in [2.05, 4.69) is 13.8 Å². The van der Waals surface area contributed by atoms with Gasteiger partial charge in [0, 0.05) is 24.4 Å². The van der Waals surface area contributed by atoms with Gasteiger partial charge in [0.25, 0.3) is 0 Å². The zero-order chi connectivity index (χ0) is 11.7. The first kappa shape index (κ1) is 11.5. The lowest BCUT2D eigenvalue weighted by Crippen LogP contribution is -1.88. The fraction of sp³-hybridized carbons (Fsp3) is 0.385. The Morgan fingerprint density at radius 3 is 2.81 bits per heavy atom. The minimum Gasteiger partial charge on any atom is -0.348 e. The molecule has 0 fully saturated rings. The Bertz CT molecular complexity index is 502. The molecule has 0 unspecified atom stereocenters. The average Bonchev–Trinajstić information content (AvgIpc) is 2.54.